The number of carbonyl (C=O) groups is 1. The molecule has 0 saturated carbocycles. The molecule has 0 fully saturated rings. The Kier molecular flexibility index (Phi) is 18.7. The van der Waals surface area contributed by atoms with E-state index in [4.69, 9.17) is 28.3 Å². The lowest BCUT2D eigenvalue weighted by molar-refractivity contribution is -0.121. The predicted octanol–water partition coefficient (Wildman–Crippen LogP) is 4.81. The summed E-state index contributed by atoms with van der Waals surface area (Å²) in [6.45, 7) is 5.97. The Balaban J connectivity index is 0. The lowest BCUT2D eigenvalue weighted by atomic mass is 10.1. The molecule has 156 valence electrons. The summed E-state index contributed by atoms with van der Waals surface area (Å²) in [4.78, 5) is 11.1. The van der Waals surface area contributed by atoms with Gasteiger partial charge in [-0.15, -0.1) is 0 Å². The number of hydrogen-bond acceptors (Lipinski definition) is 4. The first-order valence-corrected chi connectivity index (χ1v) is 9.87. The Morgan fingerprint density at radius 1 is 1.14 bits per heavy atom. The molecule has 2 aromatic rings. The maximum Gasteiger partial charge on any atom is 0.234 e. The largest absolute Gasteiger partial charge is 0.508 e. The van der Waals surface area contributed by atoms with Crippen molar-refractivity contribution in [1.29, 1.82) is 0 Å². The number of rotatable bonds is 4. The van der Waals surface area contributed by atoms with Gasteiger partial charge < -0.3 is 10.8 Å². The molecule has 2 aromatic carbocycles. The molecule has 0 heterocycles. The normalized spacial score (nSPS) is 8.64. The van der Waals surface area contributed by atoms with Gasteiger partial charge in [-0.1, -0.05) is 67.5 Å². The number of hydrazine groups is 1. The number of hydrogen-bond donors (Lipinski definition) is 4. The SMILES string of the molecule is CC.CNNC(=O)CCc1ccc(O)cc1.Cc1ccc(Cl)c(Cl)c1.NC=S. The molecule has 5 nitrogen and oxygen atoms in total. The Morgan fingerprint density at radius 2 is 1.68 bits per heavy atom. The average molecular weight is 446 g/mol. The summed E-state index contributed by atoms with van der Waals surface area (Å²) in [5, 5.41) is 10.3. The minimum absolute atomic E-state index is 0.0411. The van der Waals surface area contributed by atoms with Crippen molar-refractivity contribution in [2.45, 2.75) is 33.6 Å². The summed E-state index contributed by atoms with van der Waals surface area (Å²) >= 11 is 15.4. The zero-order chi connectivity index (χ0) is 21.9. The van der Waals surface area contributed by atoms with Gasteiger partial charge in [0.2, 0.25) is 5.91 Å². The fourth-order valence-electron chi connectivity index (χ4n) is 1.72. The molecule has 2 rings (SSSR count). The van der Waals surface area contributed by atoms with Crippen LogP contribution < -0.4 is 16.6 Å². The molecule has 0 aromatic heterocycles. The van der Waals surface area contributed by atoms with Gasteiger partial charge in [0.15, 0.2) is 0 Å². The molecule has 0 bridgehead atoms. The first-order valence-electron chi connectivity index (χ1n) is 8.64. The summed E-state index contributed by atoms with van der Waals surface area (Å²) in [6.07, 6.45) is 1.11. The molecular weight excluding hydrogens is 417 g/mol. The van der Waals surface area contributed by atoms with E-state index >= 15 is 0 Å². The minimum Gasteiger partial charge on any atom is -0.508 e. The molecular formula is C20H29Cl2N3O2S. The molecule has 0 aliphatic carbocycles. The lowest BCUT2D eigenvalue weighted by Gasteiger charge is -2.02. The molecule has 0 unspecified atom stereocenters. The van der Waals surface area contributed by atoms with Crippen molar-refractivity contribution in [2.24, 2.45) is 5.73 Å². The van der Waals surface area contributed by atoms with Gasteiger partial charge in [0.1, 0.15) is 5.75 Å². The van der Waals surface area contributed by atoms with Crippen LogP contribution in [-0.4, -0.2) is 23.6 Å². The number of aryl methyl sites for hydroxylation is 2. The second-order valence-corrected chi connectivity index (χ2v) is 6.10. The monoisotopic (exact) mass is 445 g/mol. The van der Waals surface area contributed by atoms with Crippen molar-refractivity contribution in [2.75, 3.05) is 7.05 Å². The van der Waals surface area contributed by atoms with Gasteiger partial charge in [0.05, 0.1) is 15.5 Å². The summed E-state index contributed by atoms with van der Waals surface area (Å²) in [6, 6.07) is 12.4. The van der Waals surface area contributed by atoms with Crippen molar-refractivity contribution in [3.05, 3.63) is 63.6 Å². The van der Waals surface area contributed by atoms with Gasteiger partial charge in [-0.05, 0) is 48.7 Å². The lowest BCUT2D eigenvalue weighted by Crippen LogP contribution is -2.34. The van der Waals surface area contributed by atoms with Crippen LogP contribution in [0.2, 0.25) is 10.0 Å². The average Bonchev–Trinajstić information content (AvgIpc) is 2.68. The molecule has 8 heteroatoms. The number of nitrogens with one attached hydrogen (secondary N) is 2. The topological polar surface area (TPSA) is 87.4 Å². The second-order valence-electron chi connectivity index (χ2n) is 5.02. The van der Waals surface area contributed by atoms with Gasteiger partial charge in [-0.25, -0.2) is 5.43 Å². The van der Waals surface area contributed by atoms with Gasteiger partial charge in [-0.2, -0.15) is 0 Å². The standard InChI is InChI=1S/C10H14N2O2.C7H6Cl2.C2H6.CH3NS/c1-11-12-10(14)7-4-8-2-5-9(13)6-3-8;1-5-2-3-6(8)7(9)4-5;1-2;2-1-3/h2-3,5-6,11,13H,4,7H2,1H3,(H,12,14);2-4H,1H3;1-2H3;1H,(H2,2,3). The number of halogens is 2. The molecule has 0 radical (unpaired) electrons. The third-order valence-corrected chi connectivity index (χ3v) is 3.66. The van der Waals surface area contributed by atoms with Crippen LogP contribution in [0.15, 0.2) is 42.5 Å². The van der Waals surface area contributed by atoms with Crippen molar-refractivity contribution in [3.63, 3.8) is 0 Å². The molecule has 0 spiro atoms. The Hall–Kier alpha value is -1.86. The Bertz CT molecular complexity index is 684. The zero-order valence-electron chi connectivity index (χ0n) is 16.6. The van der Waals surface area contributed by atoms with E-state index in [1.165, 1.54) is 0 Å². The van der Waals surface area contributed by atoms with Gasteiger partial charge in [0.25, 0.3) is 0 Å². The number of carbonyl (C=O) groups excluding carboxylic acids is 1. The van der Waals surface area contributed by atoms with Crippen molar-refractivity contribution in [3.8, 4) is 5.75 Å². The summed E-state index contributed by atoms with van der Waals surface area (Å²) < 4.78 is 0. The van der Waals surface area contributed by atoms with E-state index in [-0.39, 0.29) is 11.7 Å². The third kappa shape index (κ3) is 15.2. The fraction of sp³-hybridized carbons (Fsp3) is 0.300. The summed E-state index contributed by atoms with van der Waals surface area (Å²) in [5.41, 5.74) is 12.8. The van der Waals surface area contributed by atoms with Gasteiger partial charge >= 0.3 is 0 Å². The quantitative estimate of drug-likeness (QED) is 0.400. The first-order chi connectivity index (χ1) is 13.3. The van der Waals surface area contributed by atoms with E-state index in [0.717, 1.165) is 16.6 Å². The highest BCUT2D eigenvalue weighted by atomic mass is 35.5. The van der Waals surface area contributed by atoms with E-state index in [9.17, 15) is 4.79 Å². The number of aromatic hydroxyl groups is 1. The highest BCUT2D eigenvalue weighted by molar-refractivity contribution is 7.78. The summed E-state index contributed by atoms with van der Waals surface area (Å²) in [7, 11) is 1.65. The van der Waals surface area contributed by atoms with Crippen LogP contribution >= 0.6 is 35.4 Å². The molecule has 28 heavy (non-hydrogen) atoms. The van der Waals surface area contributed by atoms with E-state index < -0.39 is 0 Å². The second kappa shape index (κ2) is 18.5. The van der Waals surface area contributed by atoms with Gasteiger partial charge in [0, 0.05) is 13.5 Å². The van der Waals surface area contributed by atoms with Gasteiger partial charge in [-0.3, -0.25) is 10.2 Å². The fourth-order valence-corrected chi connectivity index (χ4v) is 2.08. The Morgan fingerprint density at radius 3 is 2.11 bits per heavy atom. The van der Waals surface area contributed by atoms with Crippen LogP contribution in [-0.2, 0) is 11.2 Å². The maximum absolute atomic E-state index is 11.1. The number of phenolic OH excluding ortho intramolecular Hbond substituents is 1. The van der Waals surface area contributed by atoms with Crippen molar-refractivity contribution in [1.82, 2.24) is 10.9 Å². The zero-order valence-corrected chi connectivity index (χ0v) is 19.0. The highest BCUT2D eigenvalue weighted by Crippen LogP contribution is 2.21. The first kappa shape index (κ1) is 28.4. The Labute approximate surface area is 183 Å². The molecule has 5 N–H and O–H groups in total. The third-order valence-electron chi connectivity index (χ3n) is 2.92. The number of phenols is 1. The van der Waals surface area contributed by atoms with E-state index in [1.54, 1.807) is 25.2 Å². The van der Waals surface area contributed by atoms with Crippen molar-refractivity contribution >= 4 is 46.8 Å². The molecule has 0 atom stereocenters. The molecule has 0 aliphatic rings. The number of amides is 1. The molecule has 0 saturated heterocycles. The van der Waals surface area contributed by atoms with Crippen molar-refractivity contribution < 1.29 is 9.90 Å². The van der Waals surface area contributed by atoms with E-state index in [2.05, 4.69) is 28.8 Å². The van der Waals surface area contributed by atoms with E-state index in [0.29, 0.717) is 22.9 Å². The predicted molar refractivity (Wildman–Crippen MR) is 124 cm³/mol. The van der Waals surface area contributed by atoms with Crippen LogP contribution in [0.3, 0.4) is 0 Å². The molecule has 1 amide bonds. The van der Waals surface area contributed by atoms with Crippen LogP contribution in [0.25, 0.3) is 0 Å². The van der Waals surface area contributed by atoms with E-state index in [1.807, 2.05) is 45.0 Å². The smallest absolute Gasteiger partial charge is 0.234 e. The summed E-state index contributed by atoms with van der Waals surface area (Å²) in [5.74, 6) is 0.203. The number of nitrogens with two attached hydrogens (primary N) is 1. The van der Waals surface area contributed by atoms with Crippen LogP contribution in [0.5, 0.6) is 5.75 Å². The van der Waals surface area contributed by atoms with Crippen LogP contribution in [0, 0.1) is 6.92 Å². The minimum atomic E-state index is -0.0411. The number of benzene rings is 2. The van der Waals surface area contributed by atoms with Crippen LogP contribution in [0.1, 0.15) is 31.4 Å². The number of thiocarbonyl (C=S) groups is 1. The molecule has 0 aliphatic heterocycles. The van der Waals surface area contributed by atoms with Crippen LogP contribution in [0.4, 0.5) is 0 Å². The maximum atomic E-state index is 11.1. The highest BCUT2D eigenvalue weighted by Gasteiger charge is 2.00.